The van der Waals surface area contributed by atoms with Crippen LogP contribution in [0.25, 0.3) is 0 Å². The van der Waals surface area contributed by atoms with Crippen molar-refractivity contribution in [1.82, 2.24) is 15.1 Å². The van der Waals surface area contributed by atoms with Gasteiger partial charge in [0.05, 0.1) is 6.54 Å². The second kappa shape index (κ2) is 10.4. The normalized spacial score (nSPS) is 20.2. The minimum Gasteiger partial charge on any atom is -0.370 e. The van der Waals surface area contributed by atoms with E-state index in [1.54, 1.807) is 0 Å². The molecule has 0 bridgehead atoms. The van der Waals surface area contributed by atoms with E-state index in [4.69, 9.17) is 5.73 Å². The van der Waals surface area contributed by atoms with Gasteiger partial charge in [0.2, 0.25) is 0 Å². The molecule has 0 aliphatic carbocycles. The first-order valence-electron chi connectivity index (χ1n) is 9.62. The Morgan fingerprint density at radius 1 is 1.40 bits per heavy atom. The topological polar surface area (TPSA) is 56.9 Å². The minimum atomic E-state index is 0.492. The summed E-state index contributed by atoms with van der Waals surface area (Å²) in [5.74, 6) is 0.584. The summed E-state index contributed by atoms with van der Waals surface area (Å²) in [6, 6.07) is 11.7. The fourth-order valence-electron chi connectivity index (χ4n) is 3.43. The lowest BCUT2D eigenvalue weighted by molar-refractivity contribution is 0.238. The van der Waals surface area contributed by atoms with Gasteiger partial charge in [-0.3, -0.25) is 14.8 Å². The maximum absolute atomic E-state index is 6.03. The highest BCUT2D eigenvalue weighted by atomic mass is 15.2. The zero-order valence-electron chi connectivity index (χ0n) is 16.1. The van der Waals surface area contributed by atoms with Crippen LogP contribution in [-0.4, -0.2) is 61.1 Å². The van der Waals surface area contributed by atoms with Gasteiger partial charge >= 0.3 is 0 Å². The Balaban J connectivity index is 1.65. The van der Waals surface area contributed by atoms with Crippen LogP contribution in [0.3, 0.4) is 0 Å². The molecule has 0 radical (unpaired) electrons. The van der Waals surface area contributed by atoms with Gasteiger partial charge in [0.1, 0.15) is 0 Å². The van der Waals surface area contributed by atoms with Crippen LogP contribution in [0.15, 0.2) is 35.3 Å². The second-order valence-corrected chi connectivity index (χ2v) is 7.12. The molecule has 1 saturated heterocycles. The molecule has 5 heteroatoms. The molecule has 0 amide bonds. The third-order valence-electron chi connectivity index (χ3n) is 5.27. The summed E-state index contributed by atoms with van der Waals surface area (Å²) in [7, 11) is 2.18. The molecule has 3 N–H and O–H groups in total. The Hall–Kier alpha value is -1.59. The van der Waals surface area contributed by atoms with E-state index in [1.165, 1.54) is 24.9 Å². The summed E-state index contributed by atoms with van der Waals surface area (Å²) in [4.78, 5) is 9.42. The van der Waals surface area contributed by atoms with Crippen molar-refractivity contribution in [3.05, 3.63) is 35.9 Å². The van der Waals surface area contributed by atoms with E-state index in [0.717, 1.165) is 32.6 Å². The predicted octanol–water partition coefficient (Wildman–Crippen LogP) is 2.29. The van der Waals surface area contributed by atoms with E-state index in [0.29, 0.717) is 18.0 Å². The first-order valence-corrected chi connectivity index (χ1v) is 9.62. The van der Waals surface area contributed by atoms with Gasteiger partial charge in [-0.2, -0.15) is 0 Å². The Kier molecular flexibility index (Phi) is 8.22. The van der Waals surface area contributed by atoms with E-state index in [2.05, 4.69) is 71.3 Å². The first-order chi connectivity index (χ1) is 12.1. The Labute approximate surface area is 153 Å². The van der Waals surface area contributed by atoms with Crippen molar-refractivity contribution in [2.24, 2.45) is 10.7 Å². The molecule has 5 nitrogen and oxygen atoms in total. The molecule has 1 fully saturated rings. The zero-order valence-corrected chi connectivity index (χ0v) is 16.1. The number of benzene rings is 1. The smallest absolute Gasteiger partial charge is 0.188 e. The number of hydrogen-bond donors (Lipinski definition) is 2. The molecular weight excluding hydrogens is 310 g/mol. The molecular formula is C20H35N5. The van der Waals surface area contributed by atoms with Gasteiger partial charge in [0.15, 0.2) is 5.96 Å². The van der Waals surface area contributed by atoms with Crippen LogP contribution in [0.5, 0.6) is 0 Å². The lowest BCUT2D eigenvalue weighted by Crippen LogP contribution is -2.38. The number of rotatable bonds is 9. The predicted molar refractivity (Wildman–Crippen MR) is 107 cm³/mol. The van der Waals surface area contributed by atoms with Gasteiger partial charge in [-0.15, -0.1) is 0 Å². The molecule has 0 saturated carbocycles. The number of hydrogen-bond acceptors (Lipinski definition) is 3. The lowest BCUT2D eigenvalue weighted by Gasteiger charge is -2.25. The third-order valence-corrected chi connectivity index (χ3v) is 5.27. The Morgan fingerprint density at radius 3 is 2.88 bits per heavy atom. The standard InChI is InChI=1S/C20H35N5/c1-4-25-14-8-11-19(25)15-23-20(21)22-13-12-17(2)24(3)16-18-9-6-5-7-10-18/h5-7,9-10,17,19H,4,8,11-16H2,1-3H3,(H3,21,22,23). The number of nitrogens with one attached hydrogen (secondary N) is 1. The van der Waals surface area contributed by atoms with Crippen molar-refractivity contribution in [3.63, 3.8) is 0 Å². The van der Waals surface area contributed by atoms with E-state index < -0.39 is 0 Å². The van der Waals surface area contributed by atoms with Crippen LogP contribution in [0.2, 0.25) is 0 Å². The molecule has 25 heavy (non-hydrogen) atoms. The number of aliphatic imine (C=N–C) groups is 1. The van der Waals surface area contributed by atoms with Crippen LogP contribution >= 0.6 is 0 Å². The summed E-state index contributed by atoms with van der Waals surface area (Å²) in [6.07, 6.45) is 3.57. The number of nitrogens with zero attached hydrogens (tertiary/aromatic N) is 3. The average Bonchev–Trinajstić information content (AvgIpc) is 3.08. The zero-order chi connectivity index (χ0) is 18.1. The van der Waals surface area contributed by atoms with Crippen LogP contribution in [0.1, 0.15) is 38.7 Å². The van der Waals surface area contributed by atoms with Crippen molar-refractivity contribution in [3.8, 4) is 0 Å². The number of likely N-dealkylation sites (tertiary alicyclic amines) is 1. The molecule has 0 aromatic heterocycles. The van der Waals surface area contributed by atoms with E-state index in [9.17, 15) is 0 Å². The van der Waals surface area contributed by atoms with E-state index in [1.807, 2.05) is 0 Å². The van der Waals surface area contributed by atoms with Gasteiger partial charge in [0.25, 0.3) is 0 Å². The molecule has 2 rings (SSSR count). The summed E-state index contributed by atoms with van der Waals surface area (Å²) >= 11 is 0. The number of nitrogens with two attached hydrogens (primary N) is 1. The highest BCUT2D eigenvalue weighted by Crippen LogP contribution is 2.16. The summed E-state index contributed by atoms with van der Waals surface area (Å²) < 4.78 is 0. The molecule has 1 aliphatic rings. The van der Waals surface area contributed by atoms with Crippen LogP contribution in [0, 0.1) is 0 Å². The van der Waals surface area contributed by atoms with Crippen LogP contribution < -0.4 is 11.1 Å². The maximum atomic E-state index is 6.03. The second-order valence-electron chi connectivity index (χ2n) is 7.12. The van der Waals surface area contributed by atoms with Crippen molar-refractivity contribution >= 4 is 5.96 Å². The fourth-order valence-corrected chi connectivity index (χ4v) is 3.43. The molecule has 2 atom stereocenters. The molecule has 1 aromatic rings. The Morgan fingerprint density at radius 2 is 2.16 bits per heavy atom. The van der Waals surface area contributed by atoms with Crippen molar-refractivity contribution < 1.29 is 0 Å². The monoisotopic (exact) mass is 345 g/mol. The lowest BCUT2D eigenvalue weighted by atomic mass is 10.1. The molecule has 1 heterocycles. The van der Waals surface area contributed by atoms with Crippen molar-refractivity contribution in [2.45, 2.75) is 51.7 Å². The van der Waals surface area contributed by atoms with Gasteiger partial charge in [-0.05, 0) is 51.9 Å². The SMILES string of the molecule is CCN1CCCC1CN=C(N)NCCC(C)N(C)Cc1ccccc1. The minimum absolute atomic E-state index is 0.492. The fraction of sp³-hybridized carbons (Fsp3) is 0.650. The first kappa shape index (κ1) is 19.7. The van der Waals surface area contributed by atoms with Gasteiger partial charge in [-0.25, -0.2) is 0 Å². The summed E-state index contributed by atoms with van der Waals surface area (Å²) in [5, 5.41) is 3.27. The highest BCUT2D eigenvalue weighted by molar-refractivity contribution is 5.77. The summed E-state index contributed by atoms with van der Waals surface area (Å²) in [5.41, 5.74) is 7.38. The quantitative estimate of drug-likeness (QED) is 0.533. The number of likely N-dealkylation sites (N-methyl/N-ethyl adjacent to an activating group) is 1. The molecule has 1 aliphatic heterocycles. The van der Waals surface area contributed by atoms with Crippen LogP contribution in [0.4, 0.5) is 0 Å². The third kappa shape index (κ3) is 6.67. The van der Waals surface area contributed by atoms with E-state index in [-0.39, 0.29) is 0 Å². The average molecular weight is 346 g/mol. The molecule has 1 aromatic carbocycles. The molecule has 2 unspecified atom stereocenters. The van der Waals surface area contributed by atoms with E-state index >= 15 is 0 Å². The van der Waals surface area contributed by atoms with Crippen molar-refractivity contribution in [1.29, 1.82) is 0 Å². The summed E-state index contributed by atoms with van der Waals surface area (Å²) in [6.45, 7) is 9.44. The van der Waals surface area contributed by atoms with Crippen LogP contribution in [-0.2, 0) is 6.54 Å². The van der Waals surface area contributed by atoms with Gasteiger partial charge in [-0.1, -0.05) is 37.3 Å². The largest absolute Gasteiger partial charge is 0.370 e. The van der Waals surface area contributed by atoms with Crippen molar-refractivity contribution in [2.75, 3.05) is 33.2 Å². The van der Waals surface area contributed by atoms with Gasteiger partial charge < -0.3 is 11.1 Å². The Bertz CT molecular complexity index is 516. The molecule has 140 valence electrons. The molecule has 0 spiro atoms. The van der Waals surface area contributed by atoms with Gasteiger partial charge in [0, 0.05) is 25.2 Å². The number of guanidine groups is 1. The highest BCUT2D eigenvalue weighted by Gasteiger charge is 2.22. The maximum Gasteiger partial charge on any atom is 0.188 e.